The first-order valence-electron chi connectivity index (χ1n) is 5.85. The lowest BCUT2D eigenvalue weighted by Gasteiger charge is -2.07. The number of benzene rings is 2. The summed E-state index contributed by atoms with van der Waals surface area (Å²) in [6, 6.07) is 14.8. The van der Waals surface area contributed by atoms with Crippen LogP contribution in [0.2, 0.25) is 0 Å². The molecule has 0 heterocycles. The van der Waals surface area contributed by atoms with Gasteiger partial charge in [-0.25, -0.2) is 0 Å². The lowest BCUT2D eigenvalue weighted by Crippen LogP contribution is -2.12. The number of halogens is 2. The molecule has 0 unspecified atom stereocenters. The van der Waals surface area contributed by atoms with Crippen LogP contribution in [0.1, 0.15) is 16.7 Å². The van der Waals surface area contributed by atoms with Crippen molar-refractivity contribution >= 4 is 31.9 Å². The van der Waals surface area contributed by atoms with Crippen molar-refractivity contribution in [2.24, 2.45) is 0 Å². The number of rotatable bonds is 4. The van der Waals surface area contributed by atoms with Crippen LogP contribution in [0.15, 0.2) is 51.4 Å². The maximum absolute atomic E-state index is 3.56. The van der Waals surface area contributed by atoms with Crippen molar-refractivity contribution in [1.82, 2.24) is 5.32 Å². The van der Waals surface area contributed by atoms with Crippen LogP contribution in [-0.4, -0.2) is 0 Å². The number of aryl methyl sites for hydroxylation is 1. The molecule has 0 saturated carbocycles. The molecule has 0 fully saturated rings. The van der Waals surface area contributed by atoms with Gasteiger partial charge in [-0.15, -0.1) is 0 Å². The summed E-state index contributed by atoms with van der Waals surface area (Å²) in [6.45, 7) is 3.86. The summed E-state index contributed by atoms with van der Waals surface area (Å²) in [5, 5.41) is 3.45. The normalized spacial score (nSPS) is 10.6. The molecule has 0 atom stereocenters. The third-order valence-electron chi connectivity index (χ3n) is 2.78. The van der Waals surface area contributed by atoms with Gasteiger partial charge in [-0.05, 0) is 41.8 Å². The molecule has 0 spiro atoms. The molecule has 0 aliphatic heterocycles. The maximum atomic E-state index is 3.56. The van der Waals surface area contributed by atoms with Crippen LogP contribution in [0, 0.1) is 6.92 Å². The van der Waals surface area contributed by atoms with Gasteiger partial charge in [0.2, 0.25) is 0 Å². The summed E-state index contributed by atoms with van der Waals surface area (Å²) in [5.74, 6) is 0. The Bertz CT molecular complexity index is 538. The van der Waals surface area contributed by atoms with E-state index < -0.39 is 0 Å². The van der Waals surface area contributed by atoms with Gasteiger partial charge in [0.25, 0.3) is 0 Å². The maximum Gasteiger partial charge on any atom is 0.0209 e. The van der Waals surface area contributed by atoms with E-state index >= 15 is 0 Å². The highest BCUT2D eigenvalue weighted by atomic mass is 79.9. The van der Waals surface area contributed by atoms with Gasteiger partial charge in [0.05, 0.1) is 0 Å². The summed E-state index contributed by atoms with van der Waals surface area (Å²) in [4.78, 5) is 0. The Kier molecular flexibility index (Phi) is 4.98. The van der Waals surface area contributed by atoms with Crippen molar-refractivity contribution in [3.8, 4) is 0 Å². The SMILES string of the molecule is Cc1ccc(CNCc2cccc(Br)c2)cc1Br. The Morgan fingerprint density at radius 1 is 0.944 bits per heavy atom. The quantitative estimate of drug-likeness (QED) is 0.816. The molecule has 0 aromatic heterocycles. The monoisotopic (exact) mass is 367 g/mol. The third-order valence-corrected chi connectivity index (χ3v) is 4.13. The summed E-state index contributed by atoms with van der Waals surface area (Å²) in [5.41, 5.74) is 3.85. The molecule has 2 rings (SSSR count). The minimum Gasteiger partial charge on any atom is -0.309 e. The Morgan fingerprint density at radius 3 is 2.33 bits per heavy atom. The molecular weight excluding hydrogens is 354 g/mol. The van der Waals surface area contributed by atoms with E-state index in [-0.39, 0.29) is 0 Å². The van der Waals surface area contributed by atoms with Crippen molar-refractivity contribution in [1.29, 1.82) is 0 Å². The van der Waals surface area contributed by atoms with Gasteiger partial charge in [-0.1, -0.05) is 56.1 Å². The van der Waals surface area contributed by atoms with Crippen LogP contribution in [0.3, 0.4) is 0 Å². The lowest BCUT2D eigenvalue weighted by molar-refractivity contribution is 0.693. The molecule has 1 N–H and O–H groups in total. The summed E-state index contributed by atoms with van der Waals surface area (Å²) < 4.78 is 2.30. The summed E-state index contributed by atoms with van der Waals surface area (Å²) in [7, 11) is 0. The second kappa shape index (κ2) is 6.50. The van der Waals surface area contributed by atoms with Crippen molar-refractivity contribution in [2.45, 2.75) is 20.0 Å². The molecule has 0 radical (unpaired) electrons. The Hall–Kier alpha value is -0.640. The molecule has 0 aliphatic rings. The van der Waals surface area contributed by atoms with Gasteiger partial charge in [-0.3, -0.25) is 0 Å². The van der Waals surface area contributed by atoms with E-state index in [1.54, 1.807) is 0 Å². The Morgan fingerprint density at radius 2 is 1.67 bits per heavy atom. The fourth-order valence-electron chi connectivity index (χ4n) is 1.74. The van der Waals surface area contributed by atoms with Crippen molar-refractivity contribution in [2.75, 3.05) is 0 Å². The van der Waals surface area contributed by atoms with Crippen LogP contribution in [0.25, 0.3) is 0 Å². The molecule has 3 heteroatoms. The largest absolute Gasteiger partial charge is 0.309 e. The first-order chi connectivity index (χ1) is 8.65. The van der Waals surface area contributed by atoms with Gasteiger partial charge < -0.3 is 5.32 Å². The second-order valence-corrected chi connectivity index (χ2v) is 6.09. The zero-order valence-electron chi connectivity index (χ0n) is 10.2. The first kappa shape index (κ1) is 13.8. The molecule has 94 valence electrons. The minimum atomic E-state index is 0.880. The lowest BCUT2D eigenvalue weighted by atomic mass is 10.1. The zero-order chi connectivity index (χ0) is 13.0. The molecule has 0 amide bonds. The van der Waals surface area contributed by atoms with E-state index in [1.807, 2.05) is 6.07 Å². The first-order valence-corrected chi connectivity index (χ1v) is 7.44. The van der Waals surface area contributed by atoms with Crippen molar-refractivity contribution in [3.05, 3.63) is 68.1 Å². The Labute approximate surface area is 125 Å². The van der Waals surface area contributed by atoms with Gasteiger partial charge in [0.15, 0.2) is 0 Å². The molecule has 18 heavy (non-hydrogen) atoms. The van der Waals surface area contributed by atoms with Gasteiger partial charge in [0, 0.05) is 22.0 Å². The van der Waals surface area contributed by atoms with Gasteiger partial charge in [-0.2, -0.15) is 0 Å². The van der Waals surface area contributed by atoms with Crippen LogP contribution in [0.5, 0.6) is 0 Å². The summed E-state index contributed by atoms with van der Waals surface area (Å²) >= 11 is 7.04. The van der Waals surface area contributed by atoms with Crippen LogP contribution >= 0.6 is 31.9 Å². The standard InChI is InChI=1S/C15H15Br2N/c1-11-5-6-13(8-15(11)17)10-18-9-12-3-2-4-14(16)7-12/h2-8,18H,9-10H2,1H3. The topological polar surface area (TPSA) is 12.0 Å². The molecule has 2 aromatic rings. The van der Waals surface area contributed by atoms with Gasteiger partial charge >= 0.3 is 0 Å². The van der Waals surface area contributed by atoms with E-state index in [1.165, 1.54) is 21.2 Å². The van der Waals surface area contributed by atoms with Crippen LogP contribution < -0.4 is 5.32 Å². The summed E-state index contributed by atoms with van der Waals surface area (Å²) in [6.07, 6.45) is 0. The average Bonchev–Trinajstić information content (AvgIpc) is 2.34. The van der Waals surface area contributed by atoms with Crippen LogP contribution in [-0.2, 0) is 13.1 Å². The van der Waals surface area contributed by atoms with E-state index in [0.29, 0.717) is 0 Å². The fourth-order valence-corrected chi connectivity index (χ4v) is 2.62. The molecule has 0 bridgehead atoms. The van der Waals surface area contributed by atoms with E-state index in [9.17, 15) is 0 Å². The second-order valence-electron chi connectivity index (χ2n) is 4.32. The molecule has 0 saturated heterocycles. The molecular formula is C15H15Br2N. The highest BCUT2D eigenvalue weighted by molar-refractivity contribution is 9.10. The average molecular weight is 369 g/mol. The zero-order valence-corrected chi connectivity index (χ0v) is 13.4. The fraction of sp³-hybridized carbons (Fsp3) is 0.200. The number of hydrogen-bond donors (Lipinski definition) is 1. The van der Waals surface area contributed by atoms with E-state index in [2.05, 4.69) is 80.5 Å². The molecule has 2 aromatic carbocycles. The highest BCUT2D eigenvalue weighted by Crippen LogP contribution is 2.17. The van der Waals surface area contributed by atoms with E-state index in [4.69, 9.17) is 0 Å². The predicted octanol–water partition coefficient (Wildman–Crippen LogP) is 4.81. The van der Waals surface area contributed by atoms with Crippen molar-refractivity contribution in [3.63, 3.8) is 0 Å². The molecule has 1 nitrogen and oxygen atoms in total. The third kappa shape index (κ3) is 3.94. The van der Waals surface area contributed by atoms with E-state index in [0.717, 1.165) is 17.6 Å². The van der Waals surface area contributed by atoms with Crippen LogP contribution in [0.4, 0.5) is 0 Å². The number of nitrogens with one attached hydrogen (secondary N) is 1. The van der Waals surface area contributed by atoms with Gasteiger partial charge in [0.1, 0.15) is 0 Å². The predicted molar refractivity (Wildman–Crippen MR) is 83.6 cm³/mol. The minimum absolute atomic E-state index is 0.880. The number of hydrogen-bond acceptors (Lipinski definition) is 1. The molecule has 0 aliphatic carbocycles. The van der Waals surface area contributed by atoms with Crippen molar-refractivity contribution < 1.29 is 0 Å². The highest BCUT2D eigenvalue weighted by Gasteiger charge is 1.98. The Balaban J connectivity index is 1.90. The smallest absolute Gasteiger partial charge is 0.0209 e.